The van der Waals surface area contributed by atoms with Crippen molar-refractivity contribution in [1.29, 1.82) is 0 Å². The number of hydrogen-bond donors (Lipinski definition) is 1. The highest BCUT2D eigenvalue weighted by Gasteiger charge is 2.16. The number of carboxylic acids is 1. The molecule has 2 aromatic rings. The molecule has 0 aliphatic heterocycles. The number of aromatic nitrogens is 3. The van der Waals surface area contributed by atoms with Gasteiger partial charge < -0.3 is 9.84 Å². The standard InChI is InChI=1S/C14H15N3O4/c1-3-8-21-14(20)10-4-6-11(7-5-10)17-9(2)12(13(18)19)15-16-17/h4-7H,3,8H2,1-2H3,(H,18,19). The molecule has 0 radical (unpaired) electrons. The number of carbonyl (C=O) groups excluding carboxylic acids is 1. The Balaban J connectivity index is 2.23. The van der Waals surface area contributed by atoms with E-state index in [1.165, 1.54) is 4.68 Å². The monoisotopic (exact) mass is 289 g/mol. The number of esters is 1. The van der Waals surface area contributed by atoms with Crippen LogP contribution in [0.1, 0.15) is 39.9 Å². The summed E-state index contributed by atoms with van der Waals surface area (Å²) in [6.45, 7) is 3.92. The second kappa shape index (κ2) is 6.17. The second-order valence-corrected chi connectivity index (χ2v) is 4.42. The maximum atomic E-state index is 11.7. The summed E-state index contributed by atoms with van der Waals surface area (Å²) in [5.41, 5.74) is 1.38. The van der Waals surface area contributed by atoms with Gasteiger partial charge in [-0.05, 0) is 37.6 Å². The molecular weight excluding hydrogens is 274 g/mol. The van der Waals surface area contributed by atoms with Crippen molar-refractivity contribution in [2.75, 3.05) is 6.61 Å². The summed E-state index contributed by atoms with van der Waals surface area (Å²) >= 11 is 0. The molecule has 2 rings (SSSR count). The smallest absolute Gasteiger partial charge is 0.358 e. The first-order valence-electron chi connectivity index (χ1n) is 6.47. The van der Waals surface area contributed by atoms with Crippen LogP contribution in [0, 0.1) is 6.92 Å². The van der Waals surface area contributed by atoms with Crippen LogP contribution in [-0.4, -0.2) is 38.6 Å². The summed E-state index contributed by atoms with van der Waals surface area (Å²) in [5, 5.41) is 16.4. The highest BCUT2D eigenvalue weighted by molar-refractivity contribution is 5.89. The molecule has 7 nitrogen and oxygen atoms in total. The van der Waals surface area contributed by atoms with E-state index < -0.39 is 5.97 Å². The van der Waals surface area contributed by atoms with E-state index >= 15 is 0 Å². The molecule has 110 valence electrons. The summed E-state index contributed by atoms with van der Waals surface area (Å²) < 4.78 is 6.44. The van der Waals surface area contributed by atoms with Gasteiger partial charge in [-0.15, -0.1) is 5.10 Å². The number of aromatic carboxylic acids is 1. The molecule has 0 saturated heterocycles. The predicted octanol–water partition coefficient (Wildman–Crippen LogP) is 1.84. The average Bonchev–Trinajstić information content (AvgIpc) is 2.87. The fraction of sp³-hybridized carbons (Fsp3) is 0.286. The Morgan fingerprint density at radius 2 is 1.95 bits per heavy atom. The second-order valence-electron chi connectivity index (χ2n) is 4.42. The first kappa shape index (κ1) is 14.7. The summed E-state index contributed by atoms with van der Waals surface area (Å²) in [5.74, 6) is -1.51. The third-order valence-electron chi connectivity index (χ3n) is 2.88. The van der Waals surface area contributed by atoms with E-state index in [2.05, 4.69) is 10.3 Å². The fourth-order valence-electron chi connectivity index (χ4n) is 1.79. The zero-order valence-electron chi connectivity index (χ0n) is 11.7. The summed E-state index contributed by atoms with van der Waals surface area (Å²) in [6, 6.07) is 6.54. The molecule has 0 unspecified atom stereocenters. The molecule has 1 aromatic heterocycles. The van der Waals surface area contributed by atoms with Gasteiger partial charge in [0.15, 0.2) is 5.69 Å². The van der Waals surface area contributed by atoms with Crippen LogP contribution >= 0.6 is 0 Å². The van der Waals surface area contributed by atoms with Gasteiger partial charge >= 0.3 is 11.9 Å². The van der Waals surface area contributed by atoms with E-state index in [-0.39, 0.29) is 11.7 Å². The summed E-state index contributed by atoms with van der Waals surface area (Å²) in [4.78, 5) is 22.6. The number of rotatable bonds is 5. The number of carboxylic acid groups (broad SMARTS) is 1. The molecule has 0 spiro atoms. The van der Waals surface area contributed by atoms with Gasteiger partial charge in [0.05, 0.1) is 23.6 Å². The largest absolute Gasteiger partial charge is 0.476 e. The van der Waals surface area contributed by atoms with Crippen molar-refractivity contribution >= 4 is 11.9 Å². The van der Waals surface area contributed by atoms with Crippen LogP contribution in [0.5, 0.6) is 0 Å². The number of hydrogen-bond acceptors (Lipinski definition) is 5. The maximum absolute atomic E-state index is 11.7. The number of ether oxygens (including phenoxy) is 1. The third-order valence-corrected chi connectivity index (χ3v) is 2.88. The molecule has 0 atom stereocenters. The van der Waals surface area contributed by atoms with Crippen LogP contribution in [0.4, 0.5) is 0 Å². The number of nitrogens with zero attached hydrogens (tertiary/aromatic N) is 3. The van der Waals surface area contributed by atoms with Crippen LogP contribution in [-0.2, 0) is 4.74 Å². The van der Waals surface area contributed by atoms with Crippen molar-refractivity contribution in [3.8, 4) is 5.69 Å². The zero-order valence-corrected chi connectivity index (χ0v) is 11.7. The quantitative estimate of drug-likeness (QED) is 0.844. The highest BCUT2D eigenvalue weighted by Crippen LogP contribution is 2.14. The van der Waals surface area contributed by atoms with Crippen LogP contribution in [0.2, 0.25) is 0 Å². The van der Waals surface area contributed by atoms with E-state index in [9.17, 15) is 9.59 Å². The van der Waals surface area contributed by atoms with Gasteiger partial charge in [0.25, 0.3) is 0 Å². The van der Waals surface area contributed by atoms with Crippen molar-refractivity contribution in [2.24, 2.45) is 0 Å². The normalized spacial score (nSPS) is 10.4. The molecule has 0 aliphatic carbocycles. The Kier molecular flexibility index (Phi) is 4.32. The lowest BCUT2D eigenvalue weighted by atomic mass is 10.2. The molecule has 1 aromatic carbocycles. The molecule has 1 heterocycles. The van der Waals surface area contributed by atoms with Gasteiger partial charge in [0.2, 0.25) is 0 Å². The molecule has 1 N–H and O–H groups in total. The van der Waals surface area contributed by atoms with Gasteiger partial charge in [-0.25, -0.2) is 14.3 Å². The minimum Gasteiger partial charge on any atom is -0.476 e. The Bertz CT molecular complexity index is 661. The van der Waals surface area contributed by atoms with Crippen LogP contribution < -0.4 is 0 Å². The molecule has 21 heavy (non-hydrogen) atoms. The lowest BCUT2D eigenvalue weighted by Gasteiger charge is -2.05. The Morgan fingerprint density at radius 3 is 2.48 bits per heavy atom. The van der Waals surface area contributed by atoms with E-state index in [0.29, 0.717) is 23.6 Å². The van der Waals surface area contributed by atoms with E-state index in [0.717, 1.165) is 6.42 Å². The van der Waals surface area contributed by atoms with Crippen LogP contribution in [0.3, 0.4) is 0 Å². The molecule has 0 amide bonds. The SMILES string of the molecule is CCCOC(=O)c1ccc(-n2nnc(C(=O)O)c2C)cc1. The van der Waals surface area contributed by atoms with Crippen molar-refractivity contribution < 1.29 is 19.4 Å². The molecule has 0 bridgehead atoms. The first-order chi connectivity index (χ1) is 10.0. The summed E-state index contributed by atoms with van der Waals surface area (Å²) in [6.07, 6.45) is 0.764. The van der Waals surface area contributed by atoms with Crippen molar-refractivity contribution in [3.05, 3.63) is 41.2 Å². The minimum absolute atomic E-state index is 0.0959. The zero-order chi connectivity index (χ0) is 15.4. The third kappa shape index (κ3) is 3.07. The Morgan fingerprint density at radius 1 is 1.29 bits per heavy atom. The van der Waals surface area contributed by atoms with Crippen molar-refractivity contribution in [2.45, 2.75) is 20.3 Å². The van der Waals surface area contributed by atoms with Gasteiger partial charge in [-0.1, -0.05) is 12.1 Å². The minimum atomic E-state index is -1.13. The topological polar surface area (TPSA) is 94.3 Å². The van der Waals surface area contributed by atoms with E-state index in [4.69, 9.17) is 9.84 Å². The van der Waals surface area contributed by atoms with Gasteiger partial charge in [0.1, 0.15) is 0 Å². The van der Waals surface area contributed by atoms with E-state index in [1.54, 1.807) is 31.2 Å². The van der Waals surface area contributed by atoms with Crippen LogP contribution in [0.15, 0.2) is 24.3 Å². The lowest BCUT2D eigenvalue weighted by Crippen LogP contribution is -2.07. The van der Waals surface area contributed by atoms with Crippen molar-refractivity contribution in [3.63, 3.8) is 0 Å². The molecule has 7 heteroatoms. The Labute approximate surface area is 121 Å². The average molecular weight is 289 g/mol. The molecular formula is C14H15N3O4. The van der Waals surface area contributed by atoms with E-state index in [1.807, 2.05) is 6.92 Å². The fourth-order valence-corrected chi connectivity index (χ4v) is 1.79. The lowest BCUT2D eigenvalue weighted by molar-refractivity contribution is 0.0504. The molecule has 0 fully saturated rings. The molecule has 0 saturated carbocycles. The summed E-state index contributed by atoms with van der Waals surface area (Å²) in [7, 11) is 0. The number of carbonyl (C=O) groups is 2. The molecule has 0 aliphatic rings. The van der Waals surface area contributed by atoms with Crippen molar-refractivity contribution in [1.82, 2.24) is 15.0 Å². The number of benzene rings is 1. The maximum Gasteiger partial charge on any atom is 0.358 e. The van der Waals surface area contributed by atoms with Gasteiger partial charge in [-0.3, -0.25) is 0 Å². The Hall–Kier alpha value is -2.70. The van der Waals surface area contributed by atoms with Gasteiger partial charge in [0, 0.05) is 0 Å². The highest BCUT2D eigenvalue weighted by atomic mass is 16.5. The first-order valence-corrected chi connectivity index (χ1v) is 6.47. The predicted molar refractivity (Wildman–Crippen MR) is 73.6 cm³/mol. The van der Waals surface area contributed by atoms with Gasteiger partial charge in [-0.2, -0.15) is 0 Å². The van der Waals surface area contributed by atoms with Crippen LogP contribution in [0.25, 0.3) is 5.69 Å².